The highest BCUT2D eigenvalue weighted by Crippen LogP contribution is 2.24. The summed E-state index contributed by atoms with van der Waals surface area (Å²) in [6.45, 7) is 6.36. The van der Waals surface area contributed by atoms with Crippen LogP contribution < -0.4 is 15.8 Å². The summed E-state index contributed by atoms with van der Waals surface area (Å²) in [4.78, 5) is 29.8. The number of nitrogens with two attached hydrogens (primary N) is 1. The Balaban J connectivity index is 1.36. The predicted octanol–water partition coefficient (Wildman–Crippen LogP) is 4.13. The Morgan fingerprint density at radius 1 is 1.21 bits per heavy atom. The number of halogens is 1. The number of likely N-dealkylation sites (tertiary alicyclic amines) is 1. The molecule has 7 nitrogen and oxygen atoms in total. The van der Waals surface area contributed by atoms with Gasteiger partial charge in [-0.05, 0) is 89.0 Å². The first-order chi connectivity index (χ1) is 16.1. The summed E-state index contributed by atoms with van der Waals surface area (Å²) in [5.74, 6) is 0.611. The number of guanidine groups is 1. The van der Waals surface area contributed by atoms with E-state index in [1.165, 1.54) is 26.7 Å². The quantitative estimate of drug-likeness (QED) is 0.335. The maximum absolute atomic E-state index is 13.7. The molecule has 1 saturated heterocycles. The van der Waals surface area contributed by atoms with Crippen molar-refractivity contribution in [1.82, 2.24) is 10.2 Å². The first-order valence-corrected chi connectivity index (χ1v) is 12.5. The van der Waals surface area contributed by atoms with Crippen molar-refractivity contribution in [2.24, 2.45) is 16.6 Å². The van der Waals surface area contributed by atoms with Gasteiger partial charge in [0, 0.05) is 24.7 Å². The zero-order chi connectivity index (χ0) is 24.7. The number of piperidine rings is 1. The molecular weight excluding hydrogens is 435 g/mol. The van der Waals surface area contributed by atoms with Crippen molar-refractivity contribution in [3.05, 3.63) is 29.3 Å². The molecule has 2 fully saturated rings. The minimum Gasteiger partial charge on any atom is -0.494 e. The Labute approximate surface area is 202 Å². The van der Waals surface area contributed by atoms with Crippen LogP contribution >= 0.6 is 0 Å². The third-order valence-corrected chi connectivity index (χ3v) is 6.82. The van der Waals surface area contributed by atoms with Gasteiger partial charge in [-0.25, -0.2) is 4.39 Å². The molecule has 0 spiro atoms. The number of aliphatic imine (C=N–C) groups is 1. The molecule has 34 heavy (non-hydrogen) atoms. The molecule has 3 N–H and O–H groups in total. The lowest BCUT2D eigenvalue weighted by atomic mass is 9.92. The van der Waals surface area contributed by atoms with Gasteiger partial charge in [0.05, 0.1) is 6.61 Å². The van der Waals surface area contributed by atoms with E-state index in [1.807, 2.05) is 30.0 Å². The SMILES string of the molecule is Cc1cc(OCCCC2CCN(C(N)=NC(=O)C(C)(C)F)CC2)ccc1C(=O)NC1CCCC1. The standard InChI is InChI=1S/C26H39FN4O3/c1-18-17-21(10-11-22(18)23(32)29-20-8-4-5-9-20)34-16-6-7-19-12-14-31(15-13-19)25(28)30-24(33)26(2,3)27/h10-11,17,19-20H,4-9,12-16H2,1-3H3,(H,29,32)(H2,28,30,33). The minimum atomic E-state index is -2.01. The lowest BCUT2D eigenvalue weighted by Gasteiger charge is -2.32. The average Bonchev–Trinajstić information content (AvgIpc) is 3.29. The molecule has 0 aromatic heterocycles. The second kappa shape index (κ2) is 11.7. The molecule has 1 heterocycles. The number of benzene rings is 1. The highest BCUT2D eigenvalue weighted by Gasteiger charge is 2.28. The molecule has 188 valence electrons. The molecule has 8 heteroatoms. The van der Waals surface area contributed by atoms with E-state index < -0.39 is 11.6 Å². The molecule has 0 bridgehead atoms. The molecule has 1 saturated carbocycles. The predicted molar refractivity (Wildman–Crippen MR) is 132 cm³/mol. The average molecular weight is 475 g/mol. The second-order valence-electron chi connectivity index (χ2n) is 10.1. The Bertz CT molecular complexity index is 883. The highest BCUT2D eigenvalue weighted by molar-refractivity contribution is 5.96. The molecule has 2 amide bonds. The largest absolute Gasteiger partial charge is 0.494 e. The van der Waals surface area contributed by atoms with Crippen molar-refractivity contribution < 1.29 is 18.7 Å². The number of nitrogens with zero attached hydrogens (tertiary/aromatic N) is 2. The third kappa shape index (κ3) is 7.43. The number of carbonyl (C=O) groups excluding carboxylic acids is 2. The van der Waals surface area contributed by atoms with Crippen LogP contribution in [0, 0.1) is 12.8 Å². The van der Waals surface area contributed by atoms with Gasteiger partial charge in [-0.2, -0.15) is 4.99 Å². The van der Waals surface area contributed by atoms with Crippen molar-refractivity contribution in [2.45, 2.75) is 83.8 Å². The molecule has 0 atom stereocenters. The summed E-state index contributed by atoms with van der Waals surface area (Å²) >= 11 is 0. The van der Waals surface area contributed by atoms with E-state index in [0.717, 1.165) is 49.8 Å². The van der Waals surface area contributed by atoms with Crippen molar-refractivity contribution in [3.63, 3.8) is 0 Å². The molecule has 1 aromatic carbocycles. The minimum absolute atomic E-state index is 0.00532. The lowest BCUT2D eigenvalue weighted by molar-refractivity contribution is -0.127. The Morgan fingerprint density at radius 3 is 2.50 bits per heavy atom. The number of amides is 2. The Kier molecular flexibility index (Phi) is 8.91. The number of aryl methyl sites for hydroxylation is 1. The summed E-state index contributed by atoms with van der Waals surface area (Å²) < 4.78 is 19.6. The van der Waals surface area contributed by atoms with Gasteiger partial charge in [0.15, 0.2) is 11.6 Å². The number of carbonyl (C=O) groups is 2. The topological polar surface area (TPSA) is 97.0 Å². The fourth-order valence-electron chi connectivity index (χ4n) is 4.63. The number of hydrogen-bond acceptors (Lipinski definition) is 3. The van der Waals surface area contributed by atoms with E-state index in [1.54, 1.807) is 0 Å². The lowest BCUT2D eigenvalue weighted by Crippen LogP contribution is -2.44. The molecule has 3 rings (SSSR count). The third-order valence-electron chi connectivity index (χ3n) is 6.82. The molecule has 0 radical (unpaired) electrons. The maximum Gasteiger partial charge on any atom is 0.285 e. The molecule has 1 aliphatic heterocycles. The summed E-state index contributed by atoms with van der Waals surface area (Å²) in [6, 6.07) is 5.97. The maximum atomic E-state index is 13.7. The van der Waals surface area contributed by atoms with Crippen LogP contribution in [-0.4, -0.2) is 54.1 Å². The van der Waals surface area contributed by atoms with Crippen molar-refractivity contribution >= 4 is 17.8 Å². The number of hydrogen-bond donors (Lipinski definition) is 2. The fraction of sp³-hybridized carbons (Fsp3) is 0.654. The zero-order valence-corrected chi connectivity index (χ0v) is 20.7. The van der Waals surface area contributed by atoms with Crippen LogP contribution in [0.2, 0.25) is 0 Å². The van der Waals surface area contributed by atoms with E-state index in [2.05, 4.69) is 10.3 Å². The fourth-order valence-corrected chi connectivity index (χ4v) is 4.63. The van der Waals surface area contributed by atoms with Crippen molar-refractivity contribution in [3.8, 4) is 5.75 Å². The van der Waals surface area contributed by atoms with Gasteiger partial charge in [-0.15, -0.1) is 0 Å². The van der Waals surface area contributed by atoms with Crippen LogP contribution in [0.1, 0.15) is 81.1 Å². The van der Waals surface area contributed by atoms with E-state index in [0.29, 0.717) is 37.2 Å². The first-order valence-electron chi connectivity index (χ1n) is 12.5. The van der Waals surface area contributed by atoms with Crippen LogP contribution in [0.4, 0.5) is 4.39 Å². The number of rotatable bonds is 8. The van der Waals surface area contributed by atoms with Gasteiger partial charge in [-0.3, -0.25) is 9.59 Å². The second-order valence-corrected chi connectivity index (χ2v) is 10.1. The summed E-state index contributed by atoms with van der Waals surface area (Å²) in [6.07, 6.45) is 8.41. The van der Waals surface area contributed by atoms with Crippen LogP contribution in [0.25, 0.3) is 0 Å². The number of alkyl halides is 1. The smallest absolute Gasteiger partial charge is 0.285 e. The number of nitrogens with one attached hydrogen (secondary N) is 1. The number of ether oxygens (including phenoxy) is 1. The van der Waals surface area contributed by atoms with Gasteiger partial charge in [0.25, 0.3) is 11.8 Å². The highest BCUT2D eigenvalue weighted by atomic mass is 19.1. The molecule has 1 aliphatic carbocycles. The van der Waals surface area contributed by atoms with Gasteiger partial charge in [0.2, 0.25) is 0 Å². The van der Waals surface area contributed by atoms with Crippen molar-refractivity contribution in [1.29, 1.82) is 0 Å². The van der Waals surface area contributed by atoms with Crippen LogP contribution in [0.3, 0.4) is 0 Å². The zero-order valence-electron chi connectivity index (χ0n) is 20.7. The Hall–Kier alpha value is -2.64. The first kappa shape index (κ1) is 26.0. The molecule has 1 aromatic rings. The summed E-state index contributed by atoms with van der Waals surface area (Å²) in [5, 5.41) is 3.14. The van der Waals surface area contributed by atoms with Crippen LogP contribution in [0.5, 0.6) is 5.75 Å². The van der Waals surface area contributed by atoms with E-state index in [-0.39, 0.29) is 11.9 Å². The van der Waals surface area contributed by atoms with E-state index in [4.69, 9.17) is 10.5 Å². The normalized spacial score (nSPS) is 18.2. The molecule has 2 aliphatic rings. The Morgan fingerprint density at radius 2 is 1.88 bits per heavy atom. The monoisotopic (exact) mass is 474 g/mol. The van der Waals surface area contributed by atoms with Gasteiger partial charge in [-0.1, -0.05) is 12.8 Å². The van der Waals surface area contributed by atoms with Gasteiger partial charge < -0.3 is 20.7 Å². The van der Waals surface area contributed by atoms with Crippen molar-refractivity contribution in [2.75, 3.05) is 19.7 Å². The molecule has 0 unspecified atom stereocenters. The van der Waals surface area contributed by atoms with Crippen LogP contribution in [-0.2, 0) is 4.79 Å². The summed E-state index contributed by atoms with van der Waals surface area (Å²) in [7, 11) is 0. The van der Waals surface area contributed by atoms with Gasteiger partial charge in [0.1, 0.15) is 5.75 Å². The molecular formula is C26H39FN4O3. The van der Waals surface area contributed by atoms with Crippen LogP contribution in [0.15, 0.2) is 23.2 Å². The summed E-state index contributed by atoms with van der Waals surface area (Å²) in [5.41, 5.74) is 5.53. The van der Waals surface area contributed by atoms with Gasteiger partial charge >= 0.3 is 0 Å². The van der Waals surface area contributed by atoms with E-state index >= 15 is 0 Å². The van der Waals surface area contributed by atoms with E-state index in [9.17, 15) is 14.0 Å².